The van der Waals surface area contributed by atoms with E-state index in [0.29, 0.717) is 6.54 Å². The zero-order valence-electron chi connectivity index (χ0n) is 11.5. The van der Waals surface area contributed by atoms with Gasteiger partial charge in [0.1, 0.15) is 5.82 Å². The number of benzene rings is 2. The lowest BCUT2D eigenvalue weighted by atomic mass is 10.1. The Balaban J connectivity index is 1.99. The van der Waals surface area contributed by atoms with E-state index in [1.807, 2.05) is 42.6 Å². The molecule has 0 amide bonds. The molecule has 1 heterocycles. The molecule has 2 aromatic carbocycles. The summed E-state index contributed by atoms with van der Waals surface area (Å²) in [4.78, 5) is 4.47. The first kappa shape index (κ1) is 14.0. The molecule has 0 aliphatic carbocycles. The van der Waals surface area contributed by atoms with Crippen molar-refractivity contribution in [3.63, 3.8) is 0 Å². The van der Waals surface area contributed by atoms with Gasteiger partial charge in [0.05, 0.1) is 6.04 Å². The largest absolute Gasteiger partial charge is 0.361 e. The van der Waals surface area contributed by atoms with Crippen molar-refractivity contribution in [2.24, 2.45) is 5.73 Å². The summed E-state index contributed by atoms with van der Waals surface area (Å²) in [5, 5.41) is 5.68. The number of anilines is 1. The van der Waals surface area contributed by atoms with Gasteiger partial charge in [-0.3, -0.25) is 0 Å². The molecule has 3 nitrogen and oxygen atoms in total. The van der Waals surface area contributed by atoms with Crippen molar-refractivity contribution >= 4 is 32.5 Å². The van der Waals surface area contributed by atoms with E-state index in [9.17, 15) is 0 Å². The Morgan fingerprint density at radius 3 is 2.57 bits per heavy atom. The highest BCUT2D eigenvalue weighted by Gasteiger charge is 2.12. The summed E-state index contributed by atoms with van der Waals surface area (Å²) in [5.41, 5.74) is 7.09. The van der Waals surface area contributed by atoms with Crippen molar-refractivity contribution in [3.05, 3.63) is 70.8 Å². The third-order valence-corrected chi connectivity index (χ3v) is 4.19. The number of rotatable bonds is 4. The Kier molecular flexibility index (Phi) is 4.18. The molecular formula is C17H16BrN3. The van der Waals surface area contributed by atoms with Crippen LogP contribution in [0.5, 0.6) is 0 Å². The topological polar surface area (TPSA) is 50.9 Å². The predicted molar refractivity (Wildman–Crippen MR) is 91.3 cm³/mol. The summed E-state index contributed by atoms with van der Waals surface area (Å²) < 4.78 is 1.06. The highest BCUT2D eigenvalue weighted by Crippen LogP contribution is 2.29. The molecule has 0 saturated carbocycles. The number of hydrogen-bond acceptors (Lipinski definition) is 3. The lowest BCUT2D eigenvalue weighted by molar-refractivity contribution is 0.786. The Hall–Kier alpha value is -1.91. The quantitative estimate of drug-likeness (QED) is 0.750. The Bertz CT molecular complexity index is 743. The molecule has 1 unspecified atom stereocenters. The van der Waals surface area contributed by atoms with Crippen molar-refractivity contribution < 1.29 is 0 Å². The first-order valence-electron chi connectivity index (χ1n) is 6.84. The summed E-state index contributed by atoms with van der Waals surface area (Å²) >= 11 is 3.58. The van der Waals surface area contributed by atoms with Crippen LogP contribution in [0.15, 0.2) is 65.3 Å². The maximum absolute atomic E-state index is 5.93. The molecule has 4 heteroatoms. The van der Waals surface area contributed by atoms with Crippen LogP contribution in [0.2, 0.25) is 0 Å². The van der Waals surface area contributed by atoms with Crippen LogP contribution in [-0.2, 0) is 0 Å². The number of nitrogens with one attached hydrogen (secondary N) is 1. The van der Waals surface area contributed by atoms with Gasteiger partial charge in [-0.15, -0.1) is 0 Å². The fourth-order valence-electron chi connectivity index (χ4n) is 2.41. The van der Waals surface area contributed by atoms with Crippen LogP contribution in [0.4, 0.5) is 5.82 Å². The van der Waals surface area contributed by atoms with E-state index in [1.165, 1.54) is 0 Å². The van der Waals surface area contributed by atoms with E-state index in [4.69, 9.17) is 5.73 Å². The normalized spacial score (nSPS) is 12.3. The molecule has 0 spiro atoms. The second-order valence-corrected chi connectivity index (χ2v) is 5.69. The summed E-state index contributed by atoms with van der Waals surface area (Å²) in [7, 11) is 0. The maximum atomic E-state index is 5.93. The van der Waals surface area contributed by atoms with Gasteiger partial charge in [0.25, 0.3) is 0 Å². The first-order valence-corrected chi connectivity index (χ1v) is 7.63. The van der Waals surface area contributed by atoms with E-state index in [1.54, 1.807) is 0 Å². The third kappa shape index (κ3) is 2.91. The van der Waals surface area contributed by atoms with Crippen molar-refractivity contribution in [1.29, 1.82) is 0 Å². The fraction of sp³-hybridized carbons (Fsp3) is 0.118. The molecule has 0 aliphatic rings. The summed E-state index contributed by atoms with van der Waals surface area (Å²) in [6.45, 7) is 0.510. The highest BCUT2D eigenvalue weighted by molar-refractivity contribution is 9.10. The molecule has 0 fully saturated rings. The minimum atomic E-state index is 0.0447. The summed E-state index contributed by atoms with van der Waals surface area (Å²) in [6.07, 6.45) is 1.81. The Morgan fingerprint density at radius 1 is 1.00 bits per heavy atom. The molecule has 106 valence electrons. The molecule has 0 saturated heterocycles. The van der Waals surface area contributed by atoms with Gasteiger partial charge >= 0.3 is 0 Å². The second kappa shape index (κ2) is 6.24. The number of pyridine rings is 1. The van der Waals surface area contributed by atoms with Crippen molar-refractivity contribution in [1.82, 2.24) is 4.98 Å². The van der Waals surface area contributed by atoms with Crippen LogP contribution in [0.3, 0.4) is 0 Å². The third-order valence-electron chi connectivity index (χ3n) is 3.50. The monoisotopic (exact) mass is 341 g/mol. The SMILES string of the molecule is NCC(Nc1nccc2c(Br)cccc12)c1ccccc1. The van der Waals surface area contributed by atoms with Gasteiger partial charge in [-0.1, -0.05) is 58.4 Å². The predicted octanol–water partition coefficient (Wildman–Crippen LogP) is 4.11. The first-order chi connectivity index (χ1) is 10.3. The number of aromatic nitrogens is 1. The molecule has 1 aromatic heterocycles. The molecule has 0 bridgehead atoms. The molecule has 21 heavy (non-hydrogen) atoms. The lowest BCUT2D eigenvalue weighted by Gasteiger charge is -2.19. The second-order valence-electron chi connectivity index (χ2n) is 4.84. The number of fused-ring (bicyclic) bond motifs is 1. The zero-order chi connectivity index (χ0) is 14.7. The number of halogens is 1. The van der Waals surface area contributed by atoms with E-state index >= 15 is 0 Å². The lowest BCUT2D eigenvalue weighted by Crippen LogP contribution is -2.21. The highest BCUT2D eigenvalue weighted by atomic mass is 79.9. The van der Waals surface area contributed by atoms with Crippen LogP contribution >= 0.6 is 15.9 Å². The van der Waals surface area contributed by atoms with Crippen LogP contribution < -0.4 is 11.1 Å². The minimum absolute atomic E-state index is 0.0447. The van der Waals surface area contributed by atoms with Gasteiger partial charge in [-0.25, -0.2) is 4.98 Å². The molecule has 3 N–H and O–H groups in total. The van der Waals surface area contributed by atoms with Crippen LogP contribution in [-0.4, -0.2) is 11.5 Å². The van der Waals surface area contributed by atoms with Crippen molar-refractivity contribution in [2.45, 2.75) is 6.04 Å². The number of nitrogens with two attached hydrogens (primary N) is 1. The molecule has 1 atom stereocenters. The van der Waals surface area contributed by atoms with E-state index in [-0.39, 0.29) is 6.04 Å². The van der Waals surface area contributed by atoms with Crippen molar-refractivity contribution in [3.8, 4) is 0 Å². The van der Waals surface area contributed by atoms with Crippen LogP contribution in [0.1, 0.15) is 11.6 Å². The molecular weight excluding hydrogens is 326 g/mol. The standard InChI is InChI=1S/C17H16BrN3/c18-15-8-4-7-14-13(15)9-10-20-17(14)21-16(11-19)12-5-2-1-3-6-12/h1-10,16H,11,19H2,(H,20,21). The smallest absolute Gasteiger partial charge is 0.134 e. The van der Waals surface area contributed by atoms with Gasteiger partial charge in [0.2, 0.25) is 0 Å². The van der Waals surface area contributed by atoms with Crippen molar-refractivity contribution in [2.75, 3.05) is 11.9 Å². The van der Waals surface area contributed by atoms with Gasteiger partial charge in [-0.2, -0.15) is 0 Å². The molecule has 0 aliphatic heterocycles. The van der Waals surface area contributed by atoms with Gasteiger partial charge in [-0.05, 0) is 17.7 Å². The summed E-state index contributed by atoms with van der Waals surface area (Å²) in [5.74, 6) is 0.855. The van der Waals surface area contributed by atoms with Crippen LogP contribution in [0, 0.1) is 0 Å². The summed E-state index contributed by atoms with van der Waals surface area (Å²) in [6, 6.07) is 18.4. The molecule has 0 radical (unpaired) electrons. The average molecular weight is 342 g/mol. The number of hydrogen-bond donors (Lipinski definition) is 2. The average Bonchev–Trinajstić information content (AvgIpc) is 2.54. The minimum Gasteiger partial charge on any atom is -0.361 e. The van der Waals surface area contributed by atoms with Gasteiger partial charge in [0.15, 0.2) is 0 Å². The van der Waals surface area contributed by atoms with E-state index in [0.717, 1.165) is 26.6 Å². The fourth-order valence-corrected chi connectivity index (χ4v) is 2.91. The Morgan fingerprint density at radius 2 is 1.81 bits per heavy atom. The van der Waals surface area contributed by atoms with Crippen LogP contribution in [0.25, 0.3) is 10.8 Å². The molecule has 3 rings (SSSR count). The molecule has 3 aromatic rings. The maximum Gasteiger partial charge on any atom is 0.134 e. The van der Waals surface area contributed by atoms with Gasteiger partial charge in [0, 0.05) is 28.0 Å². The number of nitrogens with zero attached hydrogens (tertiary/aromatic N) is 1. The van der Waals surface area contributed by atoms with E-state index < -0.39 is 0 Å². The van der Waals surface area contributed by atoms with E-state index in [2.05, 4.69) is 44.4 Å². The Labute approximate surface area is 132 Å². The van der Waals surface area contributed by atoms with Gasteiger partial charge < -0.3 is 11.1 Å². The zero-order valence-corrected chi connectivity index (χ0v) is 13.0.